The van der Waals surface area contributed by atoms with E-state index in [0.717, 1.165) is 0 Å². The van der Waals surface area contributed by atoms with E-state index in [9.17, 15) is 0 Å². The van der Waals surface area contributed by atoms with Crippen molar-refractivity contribution in [1.82, 2.24) is 9.13 Å². The van der Waals surface area contributed by atoms with Crippen LogP contribution in [0.25, 0.3) is 0 Å². The molecule has 0 spiro atoms. The molecule has 0 aliphatic rings. The topological polar surface area (TPSA) is 6.48 Å². The molecule has 0 aromatic rings. The first kappa shape index (κ1) is 11.1. The predicted octanol–water partition coefficient (Wildman–Crippen LogP) is 1.59. The molecule has 0 saturated carbocycles. The SMILES string of the molecule is CC[Si](CC)(N(C)C)N(C)C. The van der Waals surface area contributed by atoms with E-state index < -0.39 is 8.40 Å². The maximum Gasteiger partial charge on any atom is 0.205 e. The molecule has 0 saturated heterocycles. The molecule has 11 heavy (non-hydrogen) atoms. The van der Waals surface area contributed by atoms with Crippen molar-refractivity contribution in [3.8, 4) is 0 Å². The van der Waals surface area contributed by atoms with Gasteiger partial charge in [0.15, 0.2) is 0 Å². The van der Waals surface area contributed by atoms with Crippen molar-refractivity contribution in [2.75, 3.05) is 28.2 Å². The van der Waals surface area contributed by atoms with Gasteiger partial charge < -0.3 is 9.13 Å². The van der Waals surface area contributed by atoms with E-state index in [4.69, 9.17) is 0 Å². The Morgan fingerprint density at radius 3 is 1.09 bits per heavy atom. The lowest BCUT2D eigenvalue weighted by atomic mass is 10.9. The Bertz CT molecular complexity index is 98.7. The molecule has 0 radical (unpaired) electrons. The lowest BCUT2D eigenvalue weighted by Crippen LogP contribution is -2.59. The van der Waals surface area contributed by atoms with Crippen molar-refractivity contribution in [3.05, 3.63) is 0 Å². The van der Waals surface area contributed by atoms with Crippen LogP contribution in [-0.4, -0.2) is 45.7 Å². The van der Waals surface area contributed by atoms with Crippen molar-refractivity contribution in [2.24, 2.45) is 0 Å². The van der Waals surface area contributed by atoms with E-state index >= 15 is 0 Å². The second-order valence-electron chi connectivity index (χ2n) is 3.48. The van der Waals surface area contributed by atoms with Crippen molar-refractivity contribution >= 4 is 8.40 Å². The monoisotopic (exact) mass is 174 g/mol. The first-order valence-corrected chi connectivity index (χ1v) is 6.67. The van der Waals surface area contributed by atoms with Crippen molar-refractivity contribution in [3.63, 3.8) is 0 Å². The first-order valence-electron chi connectivity index (χ1n) is 4.36. The van der Waals surface area contributed by atoms with E-state index in [-0.39, 0.29) is 0 Å². The molecule has 0 heterocycles. The van der Waals surface area contributed by atoms with Gasteiger partial charge in [-0.1, -0.05) is 13.8 Å². The highest BCUT2D eigenvalue weighted by molar-refractivity contribution is 6.74. The molecule has 0 atom stereocenters. The molecule has 0 aromatic carbocycles. The van der Waals surface area contributed by atoms with Gasteiger partial charge in [-0.25, -0.2) is 0 Å². The lowest BCUT2D eigenvalue weighted by Gasteiger charge is -2.41. The van der Waals surface area contributed by atoms with Crippen LogP contribution in [0.5, 0.6) is 0 Å². The Morgan fingerprint density at radius 1 is 0.818 bits per heavy atom. The summed E-state index contributed by atoms with van der Waals surface area (Å²) in [5, 5.41) is 0. The second-order valence-corrected chi connectivity index (χ2v) is 8.65. The summed E-state index contributed by atoms with van der Waals surface area (Å²) in [5.74, 6) is 0. The van der Waals surface area contributed by atoms with Crippen molar-refractivity contribution in [2.45, 2.75) is 25.9 Å². The molecule has 0 N–H and O–H groups in total. The first-order chi connectivity index (χ1) is 5.01. The van der Waals surface area contributed by atoms with Crippen LogP contribution in [0, 0.1) is 0 Å². The number of hydrogen-bond acceptors (Lipinski definition) is 2. The summed E-state index contributed by atoms with van der Waals surface area (Å²) in [4.78, 5) is 0. The number of hydrogen-bond donors (Lipinski definition) is 0. The van der Waals surface area contributed by atoms with Crippen molar-refractivity contribution in [1.29, 1.82) is 0 Å². The van der Waals surface area contributed by atoms with Crippen LogP contribution in [0.2, 0.25) is 12.1 Å². The maximum absolute atomic E-state index is 2.44. The highest BCUT2D eigenvalue weighted by atomic mass is 28.3. The summed E-state index contributed by atoms with van der Waals surface area (Å²) in [6.07, 6.45) is 0. The average Bonchev–Trinajstić information content (AvgIpc) is 1.90. The highest BCUT2D eigenvalue weighted by Crippen LogP contribution is 2.19. The van der Waals surface area contributed by atoms with Crippen LogP contribution in [-0.2, 0) is 0 Å². The van der Waals surface area contributed by atoms with E-state index in [1.807, 2.05) is 0 Å². The van der Waals surface area contributed by atoms with Gasteiger partial charge >= 0.3 is 0 Å². The molecule has 3 heteroatoms. The summed E-state index contributed by atoms with van der Waals surface area (Å²) >= 11 is 0. The second kappa shape index (κ2) is 4.23. The van der Waals surface area contributed by atoms with E-state index in [2.05, 4.69) is 51.2 Å². The Hall–Kier alpha value is 0.137. The summed E-state index contributed by atoms with van der Waals surface area (Å²) in [5.41, 5.74) is 0. The third kappa shape index (κ3) is 2.04. The van der Waals surface area contributed by atoms with Gasteiger partial charge in [0.25, 0.3) is 0 Å². The molecule has 0 aromatic heterocycles. The quantitative estimate of drug-likeness (QED) is 0.597. The number of nitrogens with zero attached hydrogens (tertiary/aromatic N) is 2. The van der Waals surface area contributed by atoms with E-state index in [1.54, 1.807) is 0 Å². The van der Waals surface area contributed by atoms with Crippen LogP contribution in [0.3, 0.4) is 0 Å². The third-order valence-electron chi connectivity index (χ3n) is 2.80. The van der Waals surface area contributed by atoms with Crippen LogP contribution in [0.4, 0.5) is 0 Å². The molecular weight excluding hydrogens is 152 g/mol. The van der Waals surface area contributed by atoms with Crippen molar-refractivity contribution < 1.29 is 0 Å². The molecule has 0 aliphatic carbocycles. The van der Waals surface area contributed by atoms with E-state index in [1.165, 1.54) is 12.1 Å². The summed E-state index contributed by atoms with van der Waals surface area (Å²) in [6, 6.07) is 2.62. The zero-order valence-electron chi connectivity index (χ0n) is 8.81. The minimum absolute atomic E-state index is 1.23. The van der Waals surface area contributed by atoms with Gasteiger partial charge in [-0.3, -0.25) is 0 Å². The fraction of sp³-hybridized carbons (Fsp3) is 1.00. The van der Waals surface area contributed by atoms with Crippen LogP contribution >= 0.6 is 0 Å². The largest absolute Gasteiger partial charge is 0.317 e. The normalized spacial score (nSPS) is 13.1. The van der Waals surface area contributed by atoms with Gasteiger partial charge in [0.1, 0.15) is 0 Å². The summed E-state index contributed by atoms with van der Waals surface area (Å²) in [7, 11) is 7.60. The minimum Gasteiger partial charge on any atom is -0.317 e. The zero-order valence-corrected chi connectivity index (χ0v) is 9.81. The Balaban J connectivity index is 4.46. The van der Waals surface area contributed by atoms with Crippen LogP contribution < -0.4 is 0 Å². The summed E-state index contributed by atoms with van der Waals surface area (Å²) < 4.78 is 4.88. The molecule has 68 valence electrons. The average molecular weight is 174 g/mol. The van der Waals surface area contributed by atoms with Gasteiger partial charge in [0.05, 0.1) is 0 Å². The molecule has 0 fully saturated rings. The van der Waals surface area contributed by atoms with Gasteiger partial charge in [0.2, 0.25) is 8.40 Å². The molecule has 0 unspecified atom stereocenters. The van der Waals surface area contributed by atoms with Gasteiger partial charge in [-0.05, 0) is 40.3 Å². The molecule has 0 aliphatic heterocycles. The molecule has 0 amide bonds. The van der Waals surface area contributed by atoms with Gasteiger partial charge in [-0.2, -0.15) is 0 Å². The highest BCUT2D eigenvalue weighted by Gasteiger charge is 2.34. The third-order valence-corrected chi connectivity index (χ3v) is 8.39. The maximum atomic E-state index is 2.44. The van der Waals surface area contributed by atoms with Crippen LogP contribution in [0.15, 0.2) is 0 Å². The molecular formula is C8H22N2Si. The Morgan fingerprint density at radius 2 is 1.09 bits per heavy atom. The van der Waals surface area contributed by atoms with Gasteiger partial charge in [-0.15, -0.1) is 0 Å². The molecule has 2 nitrogen and oxygen atoms in total. The van der Waals surface area contributed by atoms with Gasteiger partial charge in [0, 0.05) is 0 Å². The van der Waals surface area contributed by atoms with Crippen LogP contribution in [0.1, 0.15) is 13.8 Å². The number of rotatable bonds is 4. The Kier molecular flexibility index (Phi) is 4.29. The summed E-state index contributed by atoms with van der Waals surface area (Å²) in [6.45, 7) is 4.60. The molecule has 0 rings (SSSR count). The minimum atomic E-state index is -1.23. The lowest BCUT2D eigenvalue weighted by molar-refractivity contribution is 0.476. The van der Waals surface area contributed by atoms with E-state index in [0.29, 0.717) is 0 Å². The Labute approximate surface area is 72.4 Å². The smallest absolute Gasteiger partial charge is 0.205 e. The fourth-order valence-corrected chi connectivity index (χ4v) is 5.74. The zero-order chi connectivity index (χ0) is 9.07. The standard InChI is InChI=1S/C8H22N2Si/c1-7-11(8-2,9(3)4)10(5)6/h7-8H2,1-6H3. The fourth-order valence-electron chi connectivity index (χ4n) is 1.91. The predicted molar refractivity (Wildman–Crippen MR) is 54.1 cm³/mol. The molecule has 0 bridgehead atoms.